The highest BCUT2D eigenvalue weighted by atomic mass is 19.1. The van der Waals surface area contributed by atoms with E-state index in [1.807, 2.05) is 6.92 Å². The van der Waals surface area contributed by atoms with Crippen LogP contribution in [-0.2, 0) is 5.54 Å². The predicted octanol–water partition coefficient (Wildman–Crippen LogP) is 4.09. The number of nitrogens with one attached hydrogen (secondary N) is 1. The summed E-state index contributed by atoms with van der Waals surface area (Å²) in [4.78, 5) is 24.5. The second-order valence-corrected chi connectivity index (χ2v) is 7.43. The van der Waals surface area contributed by atoms with Crippen molar-refractivity contribution in [3.8, 4) is 12.3 Å². The number of halogens is 1. The molecule has 0 bridgehead atoms. The minimum atomic E-state index is -0.842. The largest absolute Gasteiger partial charge is 0.352 e. The molecule has 2 heterocycles. The summed E-state index contributed by atoms with van der Waals surface area (Å²) in [6.07, 6.45) is 9.27. The molecular formula is C22H18FN5O. The van der Waals surface area contributed by atoms with E-state index >= 15 is 0 Å². The van der Waals surface area contributed by atoms with Gasteiger partial charge in [0.15, 0.2) is 0 Å². The summed E-state index contributed by atoms with van der Waals surface area (Å²) >= 11 is 0. The van der Waals surface area contributed by atoms with Gasteiger partial charge in [0.25, 0.3) is 5.56 Å². The summed E-state index contributed by atoms with van der Waals surface area (Å²) in [7, 11) is 0. The Hall–Kier alpha value is -3.71. The highest BCUT2D eigenvalue weighted by Gasteiger charge is 2.40. The van der Waals surface area contributed by atoms with Crippen LogP contribution in [0.25, 0.3) is 15.7 Å². The van der Waals surface area contributed by atoms with Crippen molar-refractivity contribution >= 4 is 22.4 Å². The van der Waals surface area contributed by atoms with Crippen molar-refractivity contribution in [3.05, 3.63) is 69.4 Å². The van der Waals surface area contributed by atoms with Crippen LogP contribution >= 0.6 is 0 Å². The monoisotopic (exact) mass is 387 g/mol. The van der Waals surface area contributed by atoms with Crippen LogP contribution in [0.2, 0.25) is 0 Å². The Bertz CT molecular complexity index is 1280. The Morgan fingerprint density at radius 2 is 2.17 bits per heavy atom. The van der Waals surface area contributed by atoms with Crippen LogP contribution in [0.3, 0.4) is 0 Å². The molecule has 0 amide bonds. The van der Waals surface area contributed by atoms with Gasteiger partial charge in [-0.2, -0.15) is 0 Å². The van der Waals surface area contributed by atoms with E-state index in [4.69, 9.17) is 13.0 Å². The highest BCUT2D eigenvalue weighted by molar-refractivity contribution is 5.88. The maximum atomic E-state index is 14.7. The first-order chi connectivity index (χ1) is 13.9. The SMILES string of the molecule is [C-]#[N+]c1cccc([C@@H](C#C)Nc2nc(C)nc3cc(=O)n(C4(C)CC4)cc23)c1F. The number of pyridine rings is 1. The molecule has 0 saturated heterocycles. The van der Waals surface area contributed by atoms with E-state index in [2.05, 4.69) is 26.1 Å². The van der Waals surface area contributed by atoms with Gasteiger partial charge in [-0.1, -0.05) is 24.1 Å². The van der Waals surface area contributed by atoms with E-state index in [0.29, 0.717) is 22.5 Å². The average molecular weight is 387 g/mol. The molecule has 1 aromatic carbocycles. The first-order valence-electron chi connectivity index (χ1n) is 9.16. The van der Waals surface area contributed by atoms with Crippen LogP contribution in [0.5, 0.6) is 0 Å². The molecule has 1 N–H and O–H groups in total. The molecule has 0 radical (unpaired) electrons. The lowest BCUT2D eigenvalue weighted by Gasteiger charge is -2.19. The predicted molar refractivity (Wildman–Crippen MR) is 109 cm³/mol. The number of hydrogen-bond donors (Lipinski definition) is 1. The van der Waals surface area contributed by atoms with Crippen LogP contribution < -0.4 is 10.9 Å². The van der Waals surface area contributed by atoms with Crippen molar-refractivity contribution in [1.82, 2.24) is 14.5 Å². The summed E-state index contributed by atoms with van der Waals surface area (Å²) in [5.41, 5.74) is 0.272. The molecule has 0 aliphatic heterocycles. The molecule has 1 atom stereocenters. The average Bonchev–Trinajstić information content (AvgIpc) is 3.44. The number of aromatic nitrogens is 3. The standard InChI is InChI=1S/C22H18FN5O/c1-5-16(14-7-6-8-17(24-4)20(14)23)27-21-15-12-28(22(3)9-10-22)19(29)11-18(15)25-13(2)26-21/h1,6-8,11-12,16H,9-10H2,2-3H3,(H,25,26,27)/t16-/m1/s1. The Morgan fingerprint density at radius 3 is 2.83 bits per heavy atom. The summed E-state index contributed by atoms with van der Waals surface area (Å²) in [6.45, 7) is 10.8. The molecule has 1 aliphatic rings. The van der Waals surface area contributed by atoms with Gasteiger partial charge in [0.1, 0.15) is 23.5 Å². The van der Waals surface area contributed by atoms with Gasteiger partial charge in [-0.25, -0.2) is 19.2 Å². The molecule has 1 aliphatic carbocycles. The smallest absolute Gasteiger partial charge is 0.253 e. The zero-order valence-electron chi connectivity index (χ0n) is 16.0. The van der Waals surface area contributed by atoms with E-state index in [-0.39, 0.29) is 22.3 Å². The third-order valence-corrected chi connectivity index (χ3v) is 5.29. The molecule has 29 heavy (non-hydrogen) atoms. The summed E-state index contributed by atoms with van der Waals surface area (Å²) in [5, 5.41) is 3.72. The van der Waals surface area contributed by atoms with Crippen molar-refractivity contribution in [2.45, 2.75) is 38.3 Å². The number of aryl methyl sites for hydroxylation is 1. The van der Waals surface area contributed by atoms with Gasteiger partial charge in [0, 0.05) is 23.4 Å². The quantitative estimate of drug-likeness (QED) is 0.541. The highest BCUT2D eigenvalue weighted by Crippen LogP contribution is 2.42. The van der Waals surface area contributed by atoms with Crippen molar-refractivity contribution in [2.75, 3.05) is 5.32 Å². The zero-order valence-corrected chi connectivity index (χ0v) is 16.0. The molecule has 0 spiro atoms. The first-order valence-corrected chi connectivity index (χ1v) is 9.16. The van der Waals surface area contributed by atoms with Gasteiger partial charge in [-0.05, 0) is 26.7 Å². The summed E-state index contributed by atoms with van der Waals surface area (Å²) in [6, 6.07) is 5.18. The molecule has 144 valence electrons. The third-order valence-electron chi connectivity index (χ3n) is 5.29. The van der Waals surface area contributed by atoms with Crippen LogP contribution in [0.1, 0.15) is 37.2 Å². The molecule has 7 heteroatoms. The van der Waals surface area contributed by atoms with Gasteiger partial charge in [0.2, 0.25) is 5.69 Å². The first kappa shape index (κ1) is 18.6. The lowest BCUT2D eigenvalue weighted by Crippen LogP contribution is -2.27. The fourth-order valence-corrected chi connectivity index (χ4v) is 3.37. The minimum Gasteiger partial charge on any atom is -0.352 e. The summed E-state index contributed by atoms with van der Waals surface area (Å²) in [5.74, 6) is 2.75. The maximum Gasteiger partial charge on any atom is 0.253 e. The molecule has 1 saturated carbocycles. The minimum absolute atomic E-state index is 0.0937. The van der Waals surface area contributed by atoms with Crippen molar-refractivity contribution in [2.24, 2.45) is 0 Å². The topological polar surface area (TPSA) is 64.2 Å². The number of hydrogen-bond acceptors (Lipinski definition) is 4. The maximum absolute atomic E-state index is 14.7. The van der Waals surface area contributed by atoms with Crippen LogP contribution in [0, 0.1) is 31.7 Å². The molecule has 0 unspecified atom stereocenters. The fraction of sp³-hybridized carbons (Fsp3) is 0.273. The zero-order chi connectivity index (χ0) is 20.8. The van der Waals surface area contributed by atoms with Crippen LogP contribution in [0.4, 0.5) is 15.9 Å². The molecular weight excluding hydrogens is 369 g/mol. The number of rotatable bonds is 4. The third kappa shape index (κ3) is 3.21. The summed E-state index contributed by atoms with van der Waals surface area (Å²) < 4.78 is 16.4. The van der Waals surface area contributed by atoms with Crippen LogP contribution in [-0.4, -0.2) is 14.5 Å². The van der Waals surface area contributed by atoms with Gasteiger partial charge < -0.3 is 9.88 Å². The molecule has 6 nitrogen and oxygen atoms in total. The number of fused-ring (bicyclic) bond motifs is 1. The normalized spacial score (nSPS) is 15.3. The van der Waals surface area contributed by atoms with Gasteiger partial charge in [-0.15, -0.1) is 6.42 Å². The van der Waals surface area contributed by atoms with Crippen molar-refractivity contribution in [1.29, 1.82) is 0 Å². The second-order valence-electron chi connectivity index (χ2n) is 7.43. The number of terminal acetylenes is 1. The van der Waals surface area contributed by atoms with Crippen molar-refractivity contribution < 1.29 is 4.39 Å². The fourth-order valence-electron chi connectivity index (χ4n) is 3.37. The van der Waals surface area contributed by atoms with Crippen molar-refractivity contribution in [3.63, 3.8) is 0 Å². The Kier molecular flexibility index (Phi) is 4.32. The molecule has 3 aromatic rings. The Labute approximate surface area is 167 Å². The molecule has 2 aromatic heterocycles. The van der Waals surface area contributed by atoms with E-state index in [0.717, 1.165) is 12.8 Å². The number of nitrogens with zero attached hydrogens (tertiary/aromatic N) is 4. The second kappa shape index (κ2) is 6.72. The van der Waals surface area contributed by atoms with E-state index in [9.17, 15) is 9.18 Å². The molecule has 1 fully saturated rings. The van der Waals surface area contributed by atoms with Gasteiger partial charge >= 0.3 is 0 Å². The van der Waals surface area contributed by atoms with Gasteiger partial charge in [-0.3, -0.25) is 4.79 Å². The van der Waals surface area contributed by atoms with E-state index in [1.54, 1.807) is 29.8 Å². The van der Waals surface area contributed by atoms with Crippen LogP contribution in [0.15, 0.2) is 35.3 Å². The Balaban J connectivity index is 1.84. The number of anilines is 1. The molecule has 4 rings (SSSR count). The van der Waals surface area contributed by atoms with E-state index < -0.39 is 11.9 Å². The lowest BCUT2D eigenvalue weighted by molar-refractivity contribution is 0.516. The lowest BCUT2D eigenvalue weighted by atomic mass is 10.1. The number of benzene rings is 1. The van der Waals surface area contributed by atoms with Gasteiger partial charge in [0.05, 0.1) is 17.5 Å². The van der Waals surface area contributed by atoms with E-state index in [1.165, 1.54) is 12.1 Å². The Morgan fingerprint density at radius 1 is 1.41 bits per heavy atom.